The van der Waals surface area contributed by atoms with Gasteiger partial charge in [-0.2, -0.15) is 10.2 Å². The summed E-state index contributed by atoms with van der Waals surface area (Å²) in [6, 6.07) is 17.0. The molecule has 0 spiro atoms. The van der Waals surface area contributed by atoms with Crippen molar-refractivity contribution < 1.29 is 8.78 Å². The van der Waals surface area contributed by atoms with Crippen LogP contribution >= 0.6 is 0 Å². The summed E-state index contributed by atoms with van der Waals surface area (Å²) in [5.41, 5.74) is 5.01. The van der Waals surface area contributed by atoms with E-state index in [4.69, 9.17) is 0 Å². The predicted molar refractivity (Wildman–Crippen MR) is 119 cm³/mol. The molecule has 0 bridgehead atoms. The molecule has 2 N–H and O–H groups in total. The number of benzene rings is 2. The van der Waals surface area contributed by atoms with Gasteiger partial charge in [0.1, 0.15) is 11.6 Å². The standard InChI is InChI=1S/C25H21F2N5/c26-19-5-1-17(2-6-19)13-21-15-23(31-29-21)25(9-11-28-12-10-25)24-16-22(30-32-24)14-18-3-7-20(27)8-4-18/h1-9,11-12,15-16H,10,13-14H2,(H,29,31)(H,30,32). The highest BCUT2D eigenvalue weighted by Crippen LogP contribution is 2.37. The number of nitrogens with zero attached hydrogens (tertiary/aromatic N) is 3. The third-order valence-electron chi connectivity index (χ3n) is 5.76. The molecule has 0 aliphatic carbocycles. The molecule has 0 amide bonds. The van der Waals surface area contributed by atoms with Gasteiger partial charge in [0.05, 0.1) is 16.8 Å². The maximum absolute atomic E-state index is 13.2. The zero-order valence-electron chi connectivity index (χ0n) is 17.2. The minimum absolute atomic E-state index is 0.250. The number of aromatic amines is 2. The molecule has 160 valence electrons. The van der Waals surface area contributed by atoms with Crippen molar-refractivity contribution in [1.29, 1.82) is 0 Å². The molecule has 7 heteroatoms. The minimum Gasteiger partial charge on any atom is -0.282 e. The van der Waals surface area contributed by atoms with Crippen LogP contribution in [0.25, 0.3) is 0 Å². The van der Waals surface area contributed by atoms with E-state index < -0.39 is 5.41 Å². The van der Waals surface area contributed by atoms with E-state index in [1.165, 1.54) is 24.3 Å². The second kappa shape index (κ2) is 8.34. The molecule has 32 heavy (non-hydrogen) atoms. The molecule has 0 unspecified atom stereocenters. The van der Waals surface area contributed by atoms with Crippen molar-refractivity contribution >= 4 is 6.21 Å². The molecule has 3 heterocycles. The van der Waals surface area contributed by atoms with Gasteiger partial charge in [0.15, 0.2) is 0 Å². The summed E-state index contributed by atoms with van der Waals surface area (Å²) in [5, 5.41) is 15.4. The fourth-order valence-electron chi connectivity index (χ4n) is 4.01. The van der Waals surface area contributed by atoms with Gasteiger partial charge < -0.3 is 0 Å². The van der Waals surface area contributed by atoms with Crippen molar-refractivity contribution in [2.24, 2.45) is 4.99 Å². The lowest BCUT2D eigenvalue weighted by atomic mass is 9.77. The number of aliphatic imine (C=N–C) groups is 1. The van der Waals surface area contributed by atoms with Crippen LogP contribution in [-0.2, 0) is 18.3 Å². The summed E-state index contributed by atoms with van der Waals surface area (Å²) in [7, 11) is 0. The Kier molecular flexibility index (Phi) is 5.23. The SMILES string of the molecule is Fc1ccc(Cc2cc(C3(c4cc(Cc5ccc(F)cc5)[nH]n4)C=CN=CC3)n[nH]2)cc1. The maximum atomic E-state index is 13.2. The Balaban J connectivity index is 1.42. The summed E-state index contributed by atoms with van der Waals surface area (Å²) in [6.45, 7) is 0. The number of halogens is 2. The highest BCUT2D eigenvalue weighted by Gasteiger charge is 2.37. The summed E-state index contributed by atoms with van der Waals surface area (Å²) >= 11 is 0. The first-order valence-electron chi connectivity index (χ1n) is 10.4. The van der Waals surface area contributed by atoms with E-state index in [0.29, 0.717) is 19.3 Å². The Labute approximate surface area is 183 Å². The van der Waals surface area contributed by atoms with Crippen molar-refractivity contribution in [3.8, 4) is 0 Å². The maximum Gasteiger partial charge on any atom is 0.123 e. The molecule has 0 atom stereocenters. The number of nitrogens with one attached hydrogen (secondary N) is 2. The Morgan fingerprint density at radius 2 is 1.25 bits per heavy atom. The lowest BCUT2D eigenvalue weighted by Gasteiger charge is -2.26. The smallest absolute Gasteiger partial charge is 0.123 e. The van der Waals surface area contributed by atoms with E-state index in [0.717, 1.165) is 33.9 Å². The van der Waals surface area contributed by atoms with Gasteiger partial charge in [0.25, 0.3) is 0 Å². The number of aromatic nitrogens is 4. The van der Waals surface area contributed by atoms with Gasteiger partial charge in [-0.15, -0.1) is 0 Å². The van der Waals surface area contributed by atoms with Gasteiger partial charge >= 0.3 is 0 Å². The van der Waals surface area contributed by atoms with Crippen LogP contribution in [0.3, 0.4) is 0 Å². The van der Waals surface area contributed by atoms with Crippen molar-refractivity contribution in [2.45, 2.75) is 24.7 Å². The van der Waals surface area contributed by atoms with Crippen LogP contribution in [0.1, 0.15) is 40.3 Å². The quantitative estimate of drug-likeness (QED) is 0.459. The van der Waals surface area contributed by atoms with Gasteiger partial charge in [0, 0.05) is 43.1 Å². The molecule has 0 saturated carbocycles. The third kappa shape index (κ3) is 4.01. The van der Waals surface area contributed by atoms with E-state index in [1.807, 2.05) is 24.4 Å². The number of hydrogen-bond donors (Lipinski definition) is 2. The molecule has 0 radical (unpaired) electrons. The molecule has 5 nitrogen and oxygen atoms in total. The van der Waals surface area contributed by atoms with Crippen molar-refractivity contribution in [2.75, 3.05) is 0 Å². The average Bonchev–Trinajstić information content (AvgIpc) is 3.48. The molecule has 2 aromatic carbocycles. The van der Waals surface area contributed by atoms with E-state index in [1.54, 1.807) is 30.5 Å². The summed E-state index contributed by atoms with van der Waals surface area (Å²) in [4.78, 5) is 4.24. The fraction of sp³-hybridized carbons (Fsp3) is 0.160. The monoisotopic (exact) mass is 429 g/mol. The normalized spacial score (nSPS) is 14.7. The third-order valence-corrected chi connectivity index (χ3v) is 5.76. The molecular weight excluding hydrogens is 408 g/mol. The highest BCUT2D eigenvalue weighted by atomic mass is 19.1. The van der Waals surface area contributed by atoms with Crippen LogP contribution in [0, 0.1) is 11.6 Å². The molecule has 5 rings (SSSR count). The second-order valence-electron chi connectivity index (χ2n) is 7.99. The Morgan fingerprint density at radius 1 is 0.750 bits per heavy atom. The molecule has 2 aromatic heterocycles. The van der Waals surface area contributed by atoms with E-state index in [9.17, 15) is 8.78 Å². The lowest BCUT2D eigenvalue weighted by Crippen LogP contribution is -2.28. The van der Waals surface area contributed by atoms with Gasteiger partial charge in [-0.05, 0) is 53.6 Å². The number of allylic oxidation sites excluding steroid dienone is 1. The first-order chi connectivity index (χ1) is 15.6. The zero-order valence-corrected chi connectivity index (χ0v) is 17.2. The predicted octanol–water partition coefficient (Wildman–Crippen LogP) is 4.87. The molecular formula is C25H21F2N5. The highest BCUT2D eigenvalue weighted by molar-refractivity contribution is 5.66. The van der Waals surface area contributed by atoms with E-state index in [2.05, 4.69) is 25.4 Å². The zero-order chi connectivity index (χ0) is 22.0. The lowest BCUT2D eigenvalue weighted by molar-refractivity contribution is 0.617. The molecule has 0 fully saturated rings. The van der Waals surface area contributed by atoms with Gasteiger partial charge in [-0.1, -0.05) is 24.3 Å². The summed E-state index contributed by atoms with van der Waals surface area (Å²) in [5.74, 6) is -0.501. The van der Waals surface area contributed by atoms with Crippen LogP contribution < -0.4 is 0 Å². The van der Waals surface area contributed by atoms with Crippen LogP contribution in [0.4, 0.5) is 8.78 Å². The van der Waals surface area contributed by atoms with Crippen molar-refractivity contribution in [3.63, 3.8) is 0 Å². The van der Waals surface area contributed by atoms with E-state index >= 15 is 0 Å². The number of rotatable bonds is 6. The number of hydrogen-bond acceptors (Lipinski definition) is 3. The van der Waals surface area contributed by atoms with Crippen LogP contribution in [0.15, 0.2) is 77.9 Å². The minimum atomic E-state index is -0.545. The molecule has 1 aliphatic heterocycles. The fourth-order valence-corrected chi connectivity index (χ4v) is 4.01. The Bertz CT molecular complexity index is 1180. The van der Waals surface area contributed by atoms with Gasteiger partial charge in [-0.25, -0.2) is 8.78 Å². The molecule has 1 aliphatic rings. The topological polar surface area (TPSA) is 69.7 Å². The molecule has 4 aromatic rings. The van der Waals surface area contributed by atoms with Crippen LogP contribution in [0.2, 0.25) is 0 Å². The van der Waals surface area contributed by atoms with Crippen LogP contribution in [-0.4, -0.2) is 26.6 Å². The van der Waals surface area contributed by atoms with Crippen LogP contribution in [0.5, 0.6) is 0 Å². The number of H-pyrrole nitrogens is 2. The van der Waals surface area contributed by atoms with E-state index in [-0.39, 0.29) is 11.6 Å². The first-order valence-corrected chi connectivity index (χ1v) is 10.4. The average molecular weight is 429 g/mol. The molecule has 0 saturated heterocycles. The summed E-state index contributed by atoms with van der Waals surface area (Å²) in [6.07, 6.45) is 7.53. The largest absolute Gasteiger partial charge is 0.282 e. The summed E-state index contributed by atoms with van der Waals surface area (Å²) < 4.78 is 26.4. The van der Waals surface area contributed by atoms with Crippen molar-refractivity contribution in [1.82, 2.24) is 20.4 Å². The Morgan fingerprint density at radius 3 is 1.69 bits per heavy atom. The van der Waals surface area contributed by atoms with Crippen molar-refractivity contribution in [3.05, 3.63) is 118 Å². The Hall–Kier alpha value is -3.87. The van der Waals surface area contributed by atoms with Gasteiger partial charge in [-0.3, -0.25) is 15.2 Å². The van der Waals surface area contributed by atoms with Gasteiger partial charge in [0.2, 0.25) is 0 Å². The second-order valence-corrected chi connectivity index (χ2v) is 7.99. The first kappa shape index (κ1) is 20.1.